The molecule has 0 unspecified atom stereocenters. The van der Waals surface area contributed by atoms with E-state index in [1.807, 2.05) is 31.0 Å². The van der Waals surface area contributed by atoms with Crippen LogP contribution in [-0.4, -0.2) is 25.5 Å². The molecule has 18 heavy (non-hydrogen) atoms. The summed E-state index contributed by atoms with van der Waals surface area (Å²) >= 11 is 0. The molecule has 4 heteroatoms. The van der Waals surface area contributed by atoms with Crippen LogP contribution >= 0.6 is 0 Å². The van der Waals surface area contributed by atoms with E-state index in [4.69, 9.17) is 5.26 Å². The summed E-state index contributed by atoms with van der Waals surface area (Å²) in [6.07, 6.45) is 2.17. The number of hydrogen-bond acceptors (Lipinski definition) is 3. The maximum atomic E-state index is 11.8. The van der Waals surface area contributed by atoms with Crippen LogP contribution in [0.2, 0.25) is 0 Å². The maximum absolute atomic E-state index is 11.8. The SMILES string of the molecule is Cc1cccc(C#N)c1N(C)CC(=O)NC1CC1. The minimum atomic E-state index is 0.0205. The van der Waals surface area contributed by atoms with Crippen molar-refractivity contribution in [3.8, 4) is 6.07 Å². The molecule has 2 rings (SSSR count). The van der Waals surface area contributed by atoms with Crippen molar-refractivity contribution in [2.75, 3.05) is 18.5 Å². The molecule has 0 spiro atoms. The predicted octanol–water partition coefficient (Wildman–Crippen LogP) is 1.58. The molecule has 0 bridgehead atoms. The van der Waals surface area contributed by atoms with Gasteiger partial charge in [0.15, 0.2) is 0 Å². The second-order valence-electron chi connectivity index (χ2n) is 4.78. The molecule has 1 fully saturated rings. The van der Waals surface area contributed by atoms with Crippen LogP contribution in [0.15, 0.2) is 18.2 Å². The number of hydrogen-bond donors (Lipinski definition) is 1. The van der Waals surface area contributed by atoms with Gasteiger partial charge in [0, 0.05) is 13.1 Å². The maximum Gasteiger partial charge on any atom is 0.239 e. The summed E-state index contributed by atoms with van der Waals surface area (Å²) in [5.41, 5.74) is 2.46. The van der Waals surface area contributed by atoms with E-state index < -0.39 is 0 Å². The molecule has 4 nitrogen and oxygen atoms in total. The summed E-state index contributed by atoms with van der Waals surface area (Å²) in [4.78, 5) is 13.6. The molecule has 1 aliphatic rings. The van der Waals surface area contributed by atoms with E-state index in [-0.39, 0.29) is 12.5 Å². The summed E-state index contributed by atoms with van der Waals surface area (Å²) in [6.45, 7) is 2.24. The lowest BCUT2D eigenvalue weighted by atomic mass is 10.1. The van der Waals surface area contributed by atoms with E-state index >= 15 is 0 Å². The third-order valence-corrected chi connectivity index (χ3v) is 3.06. The van der Waals surface area contributed by atoms with Crippen LogP contribution < -0.4 is 10.2 Å². The number of amides is 1. The Hall–Kier alpha value is -2.02. The largest absolute Gasteiger partial charge is 0.364 e. The van der Waals surface area contributed by atoms with Crippen LogP contribution in [-0.2, 0) is 4.79 Å². The van der Waals surface area contributed by atoms with Gasteiger partial charge in [0.1, 0.15) is 6.07 Å². The highest BCUT2D eigenvalue weighted by Crippen LogP contribution is 2.23. The Kier molecular flexibility index (Phi) is 3.52. The van der Waals surface area contributed by atoms with Crippen molar-refractivity contribution in [2.45, 2.75) is 25.8 Å². The Morgan fingerprint density at radius 1 is 1.56 bits per heavy atom. The first-order valence-corrected chi connectivity index (χ1v) is 6.12. The van der Waals surface area contributed by atoms with Gasteiger partial charge in [0.2, 0.25) is 5.91 Å². The first-order chi connectivity index (χ1) is 8.61. The van der Waals surface area contributed by atoms with Crippen molar-refractivity contribution in [2.24, 2.45) is 0 Å². The van der Waals surface area contributed by atoms with Crippen LogP contribution in [0.3, 0.4) is 0 Å². The van der Waals surface area contributed by atoms with Crippen LogP contribution in [0.1, 0.15) is 24.0 Å². The van der Waals surface area contributed by atoms with Gasteiger partial charge in [-0.3, -0.25) is 4.79 Å². The Bertz CT molecular complexity index is 500. The highest BCUT2D eigenvalue weighted by molar-refractivity contribution is 5.82. The second-order valence-corrected chi connectivity index (χ2v) is 4.78. The zero-order chi connectivity index (χ0) is 13.1. The van der Waals surface area contributed by atoms with E-state index in [9.17, 15) is 4.79 Å². The fourth-order valence-corrected chi connectivity index (χ4v) is 2.05. The minimum absolute atomic E-state index is 0.0205. The van der Waals surface area contributed by atoms with Gasteiger partial charge in [-0.2, -0.15) is 5.26 Å². The highest BCUT2D eigenvalue weighted by Gasteiger charge is 2.24. The molecule has 1 aliphatic carbocycles. The van der Waals surface area contributed by atoms with Crippen molar-refractivity contribution in [1.82, 2.24) is 5.32 Å². The number of rotatable bonds is 4. The van der Waals surface area contributed by atoms with Gasteiger partial charge in [-0.1, -0.05) is 12.1 Å². The molecule has 0 radical (unpaired) electrons. The van der Waals surface area contributed by atoms with Crippen molar-refractivity contribution >= 4 is 11.6 Å². The first kappa shape index (κ1) is 12.4. The monoisotopic (exact) mass is 243 g/mol. The third kappa shape index (κ3) is 2.80. The molecular formula is C14H17N3O. The lowest BCUT2D eigenvalue weighted by Crippen LogP contribution is -2.36. The number of carbonyl (C=O) groups excluding carboxylic acids is 1. The van der Waals surface area contributed by atoms with E-state index in [1.165, 1.54) is 0 Å². The van der Waals surface area contributed by atoms with E-state index in [0.29, 0.717) is 11.6 Å². The number of benzene rings is 1. The van der Waals surface area contributed by atoms with Crippen molar-refractivity contribution in [3.05, 3.63) is 29.3 Å². The molecule has 1 aromatic rings. The lowest BCUT2D eigenvalue weighted by Gasteiger charge is -2.22. The van der Waals surface area contributed by atoms with Crippen LogP contribution in [0, 0.1) is 18.3 Å². The Balaban J connectivity index is 2.10. The average Bonchev–Trinajstić information content (AvgIpc) is 3.11. The van der Waals surface area contributed by atoms with Crippen molar-refractivity contribution in [1.29, 1.82) is 5.26 Å². The summed E-state index contributed by atoms with van der Waals surface area (Å²) in [5.74, 6) is 0.0205. The number of aryl methyl sites for hydroxylation is 1. The molecule has 1 N–H and O–H groups in total. The van der Waals surface area contributed by atoms with Crippen LogP contribution in [0.5, 0.6) is 0 Å². The van der Waals surface area contributed by atoms with Gasteiger partial charge in [0.05, 0.1) is 17.8 Å². The number of carbonyl (C=O) groups is 1. The van der Waals surface area contributed by atoms with E-state index in [2.05, 4.69) is 11.4 Å². The van der Waals surface area contributed by atoms with Gasteiger partial charge in [-0.05, 0) is 31.4 Å². The first-order valence-electron chi connectivity index (χ1n) is 6.12. The van der Waals surface area contributed by atoms with Crippen LogP contribution in [0.4, 0.5) is 5.69 Å². The zero-order valence-corrected chi connectivity index (χ0v) is 10.7. The van der Waals surface area contributed by atoms with Gasteiger partial charge in [-0.25, -0.2) is 0 Å². The quantitative estimate of drug-likeness (QED) is 0.873. The molecule has 94 valence electrons. The molecule has 1 saturated carbocycles. The normalized spacial score (nSPS) is 13.8. The summed E-state index contributed by atoms with van der Waals surface area (Å²) in [7, 11) is 1.84. The molecule has 0 heterocycles. The van der Waals surface area contributed by atoms with Gasteiger partial charge in [-0.15, -0.1) is 0 Å². The van der Waals surface area contributed by atoms with E-state index in [0.717, 1.165) is 24.1 Å². The molecule has 1 amide bonds. The van der Waals surface area contributed by atoms with E-state index in [1.54, 1.807) is 6.07 Å². The number of nitrogens with zero attached hydrogens (tertiary/aromatic N) is 2. The zero-order valence-electron chi connectivity index (χ0n) is 10.7. The number of nitrogens with one attached hydrogen (secondary N) is 1. The second kappa shape index (κ2) is 5.09. The highest BCUT2D eigenvalue weighted by atomic mass is 16.2. The Morgan fingerprint density at radius 2 is 2.28 bits per heavy atom. The van der Waals surface area contributed by atoms with Gasteiger partial charge in [0.25, 0.3) is 0 Å². The van der Waals surface area contributed by atoms with Gasteiger partial charge >= 0.3 is 0 Å². The number of nitriles is 1. The fourth-order valence-electron chi connectivity index (χ4n) is 2.05. The molecule has 0 aliphatic heterocycles. The standard InChI is InChI=1S/C14H17N3O/c1-10-4-3-5-11(8-15)14(10)17(2)9-13(18)16-12-6-7-12/h3-5,12H,6-7,9H2,1-2H3,(H,16,18). The van der Waals surface area contributed by atoms with Crippen molar-refractivity contribution < 1.29 is 4.79 Å². The average molecular weight is 243 g/mol. The minimum Gasteiger partial charge on any atom is -0.364 e. The Morgan fingerprint density at radius 3 is 2.89 bits per heavy atom. The molecule has 0 saturated heterocycles. The number of para-hydroxylation sites is 1. The Labute approximate surface area is 107 Å². The summed E-state index contributed by atoms with van der Waals surface area (Å²) < 4.78 is 0. The van der Waals surface area contributed by atoms with Crippen LogP contribution in [0.25, 0.3) is 0 Å². The topological polar surface area (TPSA) is 56.1 Å². The smallest absolute Gasteiger partial charge is 0.239 e. The molecule has 0 aromatic heterocycles. The summed E-state index contributed by atoms with van der Waals surface area (Å²) in [5, 5.41) is 12.1. The lowest BCUT2D eigenvalue weighted by molar-refractivity contribution is -0.119. The molecule has 1 aromatic carbocycles. The summed E-state index contributed by atoms with van der Waals surface area (Å²) in [6, 6.07) is 8.13. The predicted molar refractivity (Wildman–Crippen MR) is 70.3 cm³/mol. The fraction of sp³-hybridized carbons (Fsp3) is 0.429. The van der Waals surface area contributed by atoms with Gasteiger partial charge < -0.3 is 10.2 Å². The number of likely N-dealkylation sites (N-methyl/N-ethyl adjacent to an activating group) is 1. The van der Waals surface area contributed by atoms with Crippen molar-refractivity contribution in [3.63, 3.8) is 0 Å². The third-order valence-electron chi connectivity index (χ3n) is 3.06. The molecule has 0 atom stereocenters. The molecular weight excluding hydrogens is 226 g/mol. The number of anilines is 1.